The number of fused-ring (bicyclic) bond motifs is 1. The largest absolute Gasteiger partial charge is 0.394 e. The Labute approximate surface area is 248 Å². The number of rotatable bonds is 7. The molecule has 0 amide bonds. The lowest BCUT2D eigenvalue weighted by Crippen LogP contribution is -2.63. The average molecular weight is 627 g/mol. The molecule has 16 heteroatoms. The van der Waals surface area contributed by atoms with E-state index in [2.05, 4.69) is 0 Å². The van der Waals surface area contributed by atoms with E-state index in [0.29, 0.717) is 19.3 Å². The number of aliphatic hydroxyl groups is 11. The summed E-state index contributed by atoms with van der Waals surface area (Å²) < 4.78 is 29.2. The Balaban J connectivity index is 1.29. The van der Waals surface area contributed by atoms with Gasteiger partial charge in [0.05, 0.1) is 55.9 Å². The molecule has 19 atom stereocenters. The third-order valence-corrected chi connectivity index (χ3v) is 9.73. The van der Waals surface area contributed by atoms with Gasteiger partial charge in [0.15, 0.2) is 12.6 Å². The maximum absolute atomic E-state index is 10.8. The number of hydrogen-bond acceptors (Lipinski definition) is 16. The van der Waals surface area contributed by atoms with Gasteiger partial charge in [0.2, 0.25) is 0 Å². The Hall–Kier alpha value is -0.640. The molecule has 43 heavy (non-hydrogen) atoms. The van der Waals surface area contributed by atoms with Gasteiger partial charge in [-0.1, -0.05) is 0 Å². The molecule has 3 heterocycles. The molecular formula is C27H46O16. The fourth-order valence-corrected chi connectivity index (χ4v) is 7.14. The van der Waals surface area contributed by atoms with Crippen LogP contribution in [0.5, 0.6) is 0 Å². The summed E-state index contributed by atoms with van der Waals surface area (Å²) in [5.41, 5.74) is 0. The van der Waals surface area contributed by atoms with E-state index < -0.39 is 123 Å². The Morgan fingerprint density at radius 3 is 1.91 bits per heavy atom. The van der Waals surface area contributed by atoms with Gasteiger partial charge in [0.1, 0.15) is 48.8 Å². The van der Waals surface area contributed by atoms with Crippen molar-refractivity contribution in [3.8, 4) is 0 Å². The van der Waals surface area contributed by atoms with Crippen LogP contribution in [0.25, 0.3) is 0 Å². The van der Waals surface area contributed by atoms with Gasteiger partial charge in [-0.15, -0.1) is 0 Å². The molecule has 16 nitrogen and oxygen atoms in total. The maximum atomic E-state index is 10.8. The van der Waals surface area contributed by atoms with Crippen LogP contribution in [0.3, 0.4) is 0 Å². The molecule has 3 aliphatic heterocycles. The van der Waals surface area contributed by atoms with E-state index in [9.17, 15) is 56.2 Å². The minimum Gasteiger partial charge on any atom is -0.394 e. The highest BCUT2D eigenvalue weighted by molar-refractivity contribution is 4.99. The van der Waals surface area contributed by atoms with Crippen LogP contribution in [-0.2, 0) is 23.7 Å². The Kier molecular flexibility index (Phi) is 11.0. The summed E-state index contributed by atoms with van der Waals surface area (Å²) in [5.74, 6) is -0.688. The van der Waals surface area contributed by atoms with Gasteiger partial charge in [-0.05, 0) is 44.4 Å². The molecule has 9 unspecified atom stereocenters. The highest BCUT2D eigenvalue weighted by atomic mass is 16.7. The quantitative estimate of drug-likeness (QED) is 0.126. The van der Waals surface area contributed by atoms with Gasteiger partial charge in [-0.25, -0.2) is 0 Å². The van der Waals surface area contributed by atoms with Crippen molar-refractivity contribution in [3.63, 3.8) is 0 Å². The third kappa shape index (κ3) is 7.05. The van der Waals surface area contributed by atoms with Crippen LogP contribution in [0.2, 0.25) is 0 Å². The van der Waals surface area contributed by atoms with Crippen molar-refractivity contribution in [2.75, 3.05) is 13.2 Å². The predicted molar refractivity (Wildman–Crippen MR) is 139 cm³/mol. The fraction of sp³-hybridized carbons (Fsp3) is 1.00. The minimum absolute atomic E-state index is 0.154. The van der Waals surface area contributed by atoms with Crippen molar-refractivity contribution >= 4 is 0 Å². The second-order valence-electron chi connectivity index (χ2n) is 12.7. The van der Waals surface area contributed by atoms with E-state index in [1.54, 1.807) is 0 Å². The molecule has 0 aromatic heterocycles. The minimum atomic E-state index is -1.75. The van der Waals surface area contributed by atoms with Crippen molar-refractivity contribution in [2.45, 2.75) is 143 Å². The van der Waals surface area contributed by atoms with Crippen LogP contribution in [0.15, 0.2) is 0 Å². The lowest BCUT2D eigenvalue weighted by Gasteiger charge is -2.51. The van der Waals surface area contributed by atoms with Crippen LogP contribution in [-0.4, -0.2) is 174 Å². The first-order chi connectivity index (χ1) is 20.4. The second kappa shape index (κ2) is 14.0. The Morgan fingerprint density at radius 1 is 0.581 bits per heavy atom. The molecule has 2 saturated carbocycles. The van der Waals surface area contributed by atoms with Crippen LogP contribution in [0, 0.1) is 11.8 Å². The number of aliphatic hydroxyl groups excluding tert-OH is 11. The molecule has 3 saturated heterocycles. The van der Waals surface area contributed by atoms with E-state index >= 15 is 0 Å². The molecule has 2 aliphatic carbocycles. The summed E-state index contributed by atoms with van der Waals surface area (Å²) in [6.45, 7) is -1.20. The van der Waals surface area contributed by atoms with Crippen LogP contribution in [0.4, 0.5) is 0 Å². The summed E-state index contributed by atoms with van der Waals surface area (Å²) in [5, 5.41) is 113. The van der Waals surface area contributed by atoms with Gasteiger partial charge in [-0.3, -0.25) is 0 Å². The van der Waals surface area contributed by atoms with E-state index in [1.165, 1.54) is 0 Å². The summed E-state index contributed by atoms with van der Waals surface area (Å²) in [6.07, 6.45) is -19.5. The normalized spacial score (nSPS) is 54.6. The van der Waals surface area contributed by atoms with Gasteiger partial charge in [0.25, 0.3) is 0 Å². The standard InChI is InChI=1S/C27H46O16/c28-7-17-19(33)21(35)23(37)26(42-17)39-8-18-20(34)22(36)24(38)27(43-18)41-16-6-11-13(31)4-10(29)5-15(11)40-25(16)9-1-2-12(30)14(32)3-9/h9-38H,1-8H2/t9?,10?,11?,12?,13?,14?,15?,16?,17-,18+,19+,20-,21-,22-,23-,24+,25?,26+,27-/m1/s1. The number of ether oxygens (including phenoxy) is 5. The molecule has 5 aliphatic rings. The maximum Gasteiger partial charge on any atom is 0.187 e. The first-order valence-electron chi connectivity index (χ1n) is 15.0. The van der Waals surface area contributed by atoms with Crippen LogP contribution < -0.4 is 0 Å². The average Bonchev–Trinajstić information content (AvgIpc) is 2.97. The smallest absolute Gasteiger partial charge is 0.187 e. The summed E-state index contributed by atoms with van der Waals surface area (Å²) in [6, 6.07) is 0. The molecule has 0 aromatic carbocycles. The van der Waals surface area contributed by atoms with Crippen LogP contribution >= 0.6 is 0 Å². The van der Waals surface area contributed by atoms with E-state index in [0.717, 1.165) is 0 Å². The van der Waals surface area contributed by atoms with Crippen molar-refractivity contribution in [3.05, 3.63) is 0 Å². The van der Waals surface area contributed by atoms with E-state index in [4.69, 9.17) is 23.7 Å². The van der Waals surface area contributed by atoms with Crippen molar-refractivity contribution < 1.29 is 79.9 Å². The SMILES string of the molecule is OC[C@H]1O[C@H](OC[C@@H]2O[C@@H](OC3CC4C(O)CC(O)CC4OC3C3CCC(O)C(O)C3)[C@@H](O)[C@H](O)[C@@H]2O)[C@H](O)[C@H](O)[C@H]1O. The molecule has 0 aromatic rings. The van der Waals surface area contributed by atoms with Crippen molar-refractivity contribution in [2.24, 2.45) is 11.8 Å². The molecule has 0 spiro atoms. The molecule has 5 fully saturated rings. The summed E-state index contributed by atoms with van der Waals surface area (Å²) in [4.78, 5) is 0. The third-order valence-electron chi connectivity index (χ3n) is 9.73. The number of hydrogen-bond donors (Lipinski definition) is 11. The summed E-state index contributed by atoms with van der Waals surface area (Å²) in [7, 11) is 0. The zero-order valence-electron chi connectivity index (χ0n) is 23.6. The highest BCUT2D eigenvalue weighted by Gasteiger charge is 2.52. The van der Waals surface area contributed by atoms with Gasteiger partial charge in [-0.2, -0.15) is 0 Å². The highest BCUT2D eigenvalue weighted by Crippen LogP contribution is 2.43. The van der Waals surface area contributed by atoms with Gasteiger partial charge >= 0.3 is 0 Å². The van der Waals surface area contributed by atoms with Crippen molar-refractivity contribution in [1.29, 1.82) is 0 Å². The summed E-state index contributed by atoms with van der Waals surface area (Å²) >= 11 is 0. The van der Waals surface area contributed by atoms with Gasteiger partial charge in [0, 0.05) is 5.92 Å². The molecule has 250 valence electrons. The first kappa shape index (κ1) is 33.7. The molecule has 11 N–H and O–H groups in total. The van der Waals surface area contributed by atoms with Crippen molar-refractivity contribution in [1.82, 2.24) is 0 Å². The Morgan fingerprint density at radius 2 is 1.23 bits per heavy atom. The molecular weight excluding hydrogens is 580 g/mol. The second-order valence-corrected chi connectivity index (χ2v) is 12.7. The fourth-order valence-electron chi connectivity index (χ4n) is 7.14. The van der Waals surface area contributed by atoms with E-state index in [1.807, 2.05) is 0 Å². The predicted octanol–water partition coefficient (Wildman–Crippen LogP) is -5.19. The first-order valence-corrected chi connectivity index (χ1v) is 15.0. The lowest BCUT2D eigenvalue weighted by atomic mass is 9.72. The lowest BCUT2D eigenvalue weighted by molar-refractivity contribution is -0.347. The topological polar surface area (TPSA) is 269 Å². The molecule has 5 rings (SSSR count). The zero-order valence-corrected chi connectivity index (χ0v) is 23.6. The zero-order chi connectivity index (χ0) is 31.2. The Bertz CT molecular complexity index is 897. The van der Waals surface area contributed by atoms with Gasteiger partial charge < -0.3 is 79.9 Å². The molecule has 0 bridgehead atoms. The van der Waals surface area contributed by atoms with E-state index in [-0.39, 0.29) is 25.2 Å². The monoisotopic (exact) mass is 626 g/mol. The van der Waals surface area contributed by atoms with Crippen LogP contribution in [0.1, 0.15) is 38.5 Å². The molecule has 0 radical (unpaired) electrons.